The van der Waals surface area contributed by atoms with Crippen molar-refractivity contribution < 1.29 is 0 Å². The summed E-state index contributed by atoms with van der Waals surface area (Å²) in [5.74, 6) is 0. The SMILES string of the molecule is CCC(NC(=S)Nc1cccc(Br)c1)c1ccccc1. The van der Waals surface area contributed by atoms with Crippen molar-refractivity contribution in [3.05, 3.63) is 64.6 Å². The number of hydrogen-bond donors (Lipinski definition) is 2. The van der Waals surface area contributed by atoms with E-state index in [9.17, 15) is 0 Å². The van der Waals surface area contributed by atoms with Gasteiger partial charge in [-0.05, 0) is 42.4 Å². The maximum Gasteiger partial charge on any atom is 0.171 e. The number of nitrogens with one attached hydrogen (secondary N) is 2. The van der Waals surface area contributed by atoms with Crippen LogP contribution < -0.4 is 10.6 Å². The van der Waals surface area contributed by atoms with E-state index in [1.807, 2.05) is 42.5 Å². The van der Waals surface area contributed by atoms with Gasteiger partial charge in [-0.1, -0.05) is 59.3 Å². The van der Waals surface area contributed by atoms with Crippen LogP contribution in [-0.4, -0.2) is 5.11 Å². The summed E-state index contributed by atoms with van der Waals surface area (Å²) in [5.41, 5.74) is 2.22. The van der Waals surface area contributed by atoms with E-state index in [-0.39, 0.29) is 6.04 Å². The Balaban J connectivity index is 2.00. The molecule has 2 aromatic rings. The van der Waals surface area contributed by atoms with Gasteiger partial charge in [-0.15, -0.1) is 0 Å². The second kappa shape index (κ2) is 7.41. The Kier molecular flexibility index (Phi) is 5.56. The number of thiocarbonyl (C=S) groups is 1. The fourth-order valence-electron chi connectivity index (χ4n) is 2.00. The molecule has 0 amide bonds. The molecule has 0 aromatic heterocycles. The molecule has 0 aliphatic heterocycles. The van der Waals surface area contributed by atoms with Crippen molar-refractivity contribution in [1.29, 1.82) is 0 Å². The zero-order valence-electron chi connectivity index (χ0n) is 11.3. The minimum atomic E-state index is 0.225. The fourth-order valence-corrected chi connectivity index (χ4v) is 2.66. The van der Waals surface area contributed by atoms with Crippen molar-refractivity contribution in [2.45, 2.75) is 19.4 Å². The average molecular weight is 349 g/mol. The number of hydrogen-bond acceptors (Lipinski definition) is 1. The van der Waals surface area contributed by atoms with Crippen LogP contribution >= 0.6 is 28.1 Å². The van der Waals surface area contributed by atoms with Gasteiger partial charge in [-0.2, -0.15) is 0 Å². The molecule has 2 rings (SSSR count). The van der Waals surface area contributed by atoms with Crippen LogP contribution in [0.1, 0.15) is 24.9 Å². The summed E-state index contributed by atoms with van der Waals surface area (Å²) in [6, 6.07) is 18.5. The van der Waals surface area contributed by atoms with Gasteiger partial charge in [0.1, 0.15) is 0 Å². The van der Waals surface area contributed by atoms with Gasteiger partial charge in [0.2, 0.25) is 0 Å². The zero-order valence-corrected chi connectivity index (χ0v) is 13.7. The van der Waals surface area contributed by atoms with Gasteiger partial charge >= 0.3 is 0 Å². The van der Waals surface area contributed by atoms with Crippen molar-refractivity contribution in [1.82, 2.24) is 5.32 Å². The third kappa shape index (κ3) is 4.32. The normalized spacial score (nSPS) is 11.7. The van der Waals surface area contributed by atoms with E-state index in [0.717, 1.165) is 16.6 Å². The highest BCUT2D eigenvalue weighted by Gasteiger charge is 2.10. The molecular formula is C16H17BrN2S. The van der Waals surface area contributed by atoms with Crippen molar-refractivity contribution in [2.75, 3.05) is 5.32 Å². The van der Waals surface area contributed by atoms with Crippen LogP contribution in [0.2, 0.25) is 0 Å². The van der Waals surface area contributed by atoms with Gasteiger partial charge in [0.15, 0.2) is 5.11 Å². The summed E-state index contributed by atoms with van der Waals surface area (Å²) < 4.78 is 1.03. The molecule has 2 aromatic carbocycles. The van der Waals surface area contributed by atoms with Gasteiger partial charge in [0.05, 0.1) is 6.04 Å². The van der Waals surface area contributed by atoms with E-state index in [2.05, 4.69) is 45.6 Å². The summed E-state index contributed by atoms with van der Waals surface area (Å²) in [6.07, 6.45) is 0.977. The first-order valence-corrected chi connectivity index (χ1v) is 7.77. The van der Waals surface area contributed by atoms with Crippen LogP contribution in [0.5, 0.6) is 0 Å². The van der Waals surface area contributed by atoms with Gasteiger partial charge in [0.25, 0.3) is 0 Å². The minimum absolute atomic E-state index is 0.225. The average Bonchev–Trinajstić information content (AvgIpc) is 2.45. The lowest BCUT2D eigenvalue weighted by molar-refractivity contribution is 0.629. The van der Waals surface area contributed by atoms with E-state index < -0.39 is 0 Å². The molecule has 0 aliphatic rings. The first-order valence-electron chi connectivity index (χ1n) is 6.57. The Morgan fingerprint density at radius 2 is 1.90 bits per heavy atom. The number of anilines is 1. The van der Waals surface area contributed by atoms with Crippen molar-refractivity contribution in [3.8, 4) is 0 Å². The number of rotatable bonds is 4. The molecule has 0 saturated heterocycles. The monoisotopic (exact) mass is 348 g/mol. The highest BCUT2D eigenvalue weighted by Crippen LogP contribution is 2.18. The van der Waals surface area contributed by atoms with Crippen LogP contribution in [0.4, 0.5) is 5.69 Å². The summed E-state index contributed by atoms with van der Waals surface area (Å²) in [5, 5.41) is 7.20. The molecule has 104 valence electrons. The second-order valence-corrected chi connectivity index (χ2v) is 5.80. The van der Waals surface area contributed by atoms with Gasteiger partial charge < -0.3 is 10.6 Å². The molecule has 20 heavy (non-hydrogen) atoms. The number of halogens is 1. The lowest BCUT2D eigenvalue weighted by Crippen LogP contribution is -2.32. The molecule has 2 nitrogen and oxygen atoms in total. The van der Waals surface area contributed by atoms with E-state index in [1.54, 1.807) is 0 Å². The quantitative estimate of drug-likeness (QED) is 0.769. The van der Waals surface area contributed by atoms with E-state index in [1.165, 1.54) is 5.56 Å². The Hall–Kier alpha value is -1.39. The molecule has 1 atom stereocenters. The lowest BCUT2D eigenvalue weighted by Gasteiger charge is -2.20. The standard InChI is InChI=1S/C16H17BrN2S/c1-2-15(12-7-4-3-5-8-12)19-16(20)18-14-10-6-9-13(17)11-14/h3-11,15H,2H2,1H3,(H2,18,19,20). The van der Waals surface area contributed by atoms with Gasteiger partial charge in [-0.3, -0.25) is 0 Å². The summed E-state index contributed by atoms with van der Waals surface area (Å²) >= 11 is 8.83. The Morgan fingerprint density at radius 1 is 1.15 bits per heavy atom. The summed E-state index contributed by atoms with van der Waals surface area (Å²) in [7, 11) is 0. The lowest BCUT2D eigenvalue weighted by atomic mass is 10.1. The third-order valence-electron chi connectivity index (χ3n) is 3.00. The third-order valence-corrected chi connectivity index (χ3v) is 3.71. The first-order chi connectivity index (χ1) is 9.69. The molecule has 0 radical (unpaired) electrons. The maximum atomic E-state index is 5.38. The van der Waals surface area contributed by atoms with Crippen LogP contribution in [0, 0.1) is 0 Å². The Bertz CT molecular complexity index is 572. The molecule has 0 bridgehead atoms. The molecule has 0 fully saturated rings. The molecule has 0 spiro atoms. The first kappa shape index (κ1) is 15.0. The number of benzene rings is 2. The predicted octanol–water partition coefficient (Wildman–Crippen LogP) is 4.89. The summed E-state index contributed by atoms with van der Waals surface area (Å²) in [4.78, 5) is 0. The molecule has 4 heteroatoms. The zero-order chi connectivity index (χ0) is 14.4. The largest absolute Gasteiger partial charge is 0.356 e. The van der Waals surface area contributed by atoms with E-state index in [4.69, 9.17) is 12.2 Å². The van der Waals surface area contributed by atoms with Crippen LogP contribution in [0.15, 0.2) is 59.1 Å². The highest BCUT2D eigenvalue weighted by atomic mass is 79.9. The maximum absolute atomic E-state index is 5.38. The molecule has 0 saturated carbocycles. The van der Waals surface area contributed by atoms with Crippen molar-refractivity contribution >= 4 is 38.9 Å². The van der Waals surface area contributed by atoms with Crippen LogP contribution in [0.25, 0.3) is 0 Å². The van der Waals surface area contributed by atoms with Gasteiger partial charge in [-0.25, -0.2) is 0 Å². The van der Waals surface area contributed by atoms with Crippen LogP contribution in [-0.2, 0) is 0 Å². The highest BCUT2D eigenvalue weighted by molar-refractivity contribution is 9.10. The predicted molar refractivity (Wildman–Crippen MR) is 93.0 cm³/mol. The van der Waals surface area contributed by atoms with Crippen molar-refractivity contribution in [3.63, 3.8) is 0 Å². The van der Waals surface area contributed by atoms with E-state index >= 15 is 0 Å². The Labute approximate surface area is 133 Å². The minimum Gasteiger partial charge on any atom is -0.356 e. The molecular weight excluding hydrogens is 332 g/mol. The molecule has 0 heterocycles. The Morgan fingerprint density at radius 3 is 2.55 bits per heavy atom. The van der Waals surface area contributed by atoms with Gasteiger partial charge in [0, 0.05) is 10.2 Å². The molecule has 2 N–H and O–H groups in total. The summed E-state index contributed by atoms with van der Waals surface area (Å²) in [6.45, 7) is 2.15. The fraction of sp³-hybridized carbons (Fsp3) is 0.188. The van der Waals surface area contributed by atoms with Crippen molar-refractivity contribution in [2.24, 2.45) is 0 Å². The topological polar surface area (TPSA) is 24.1 Å². The van der Waals surface area contributed by atoms with Crippen LogP contribution in [0.3, 0.4) is 0 Å². The molecule has 1 unspecified atom stereocenters. The molecule has 0 aliphatic carbocycles. The van der Waals surface area contributed by atoms with E-state index in [0.29, 0.717) is 5.11 Å². The smallest absolute Gasteiger partial charge is 0.171 e. The second-order valence-electron chi connectivity index (χ2n) is 4.48.